The fraction of sp³-hybridized carbons (Fsp3) is 0.643. The summed E-state index contributed by atoms with van der Waals surface area (Å²) >= 11 is 0. The molecule has 19 heavy (non-hydrogen) atoms. The predicted molar refractivity (Wildman–Crippen MR) is 75.2 cm³/mol. The Morgan fingerprint density at radius 2 is 2.16 bits per heavy atom. The molecule has 0 saturated heterocycles. The first-order chi connectivity index (χ1) is 9.29. The Morgan fingerprint density at radius 3 is 3.00 bits per heavy atom. The molecule has 0 radical (unpaired) electrons. The molecule has 0 aliphatic heterocycles. The summed E-state index contributed by atoms with van der Waals surface area (Å²) < 4.78 is 1.99. The second-order valence-electron chi connectivity index (χ2n) is 5.42. The van der Waals surface area contributed by atoms with Crippen molar-refractivity contribution in [3.63, 3.8) is 0 Å². The standard InChI is InChI=1S/C14H21N5/c1-3-11-6-4-5-7-12(11)16-13-14-18-17-10(2)19(14)9-8-15-13/h8-9,11-12H,3-7H2,1-2H3,(H,15,16). The van der Waals surface area contributed by atoms with Gasteiger partial charge in [0.2, 0.25) is 5.65 Å². The van der Waals surface area contributed by atoms with E-state index in [1.54, 1.807) is 0 Å². The highest BCUT2D eigenvalue weighted by Crippen LogP contribution is 2.29. The normalized spacial score (nSPS) is 23.7. The molecule has 5 nitrogen and oxygen atoms in total. The average molecular weight is 259 g/mol. The topological polar surface area (TPSA) is 55.1 Å². The van der Waals surface area contributed by atoms with E-state index in [-0.39, 0.29) is 0 Å². The first kappa shape index (κ1) is 12.4. The minimum atomic E-state index is 0.523. The number of hydrogen-bond acceptors (Lipinski definition) is 4. The maximum Gasteiger partial charge on any atom is 0.203 e. The van der Waals surface area contributed by atoms with Gasteiger partial charge in [0.25, 0.3) is 0 Å². The van der Waals surface area contributed by atoms with Crippen LogP contribution in [0, 0.1) is 12.8 Å². The highest BCUT2D eigenvalue weighted by atomic mass is 15.3. The van der Waals surface area contributed by atoms with Crippen molar-refractivity contribution in [2.24, 2.45) is 5.92 Å². The van der Waals surface area contributed by atoms with Crippen LogP contribution in [0.15, 0.2) is 12.4 Å². The van der Waals surface area contributed by atoms with Crippen LogP contribution >= 0.6 is 0 Å². The summed E-state index contributed by atoms with van der Waals surface area (Å²) in [5, 5.41) is 11.9. The van der Waals surface area contributed by atoms with Gasteiger partial charge in [-0.1, -0.05) is 26.2 Å². The van der Waals surface area contributed by atoms with Crippen molar-refractivity contribution in [2.75, 3.05) is 5.32 Å². The van der Waals surface area contributed by atoms with Gasteiger partial charge in [-0.15, -0.1) is 10.2 Å². The summed E-state index contributed by atoms with van der Waals surface area (Å²) in [4.78, 5) is 4.45. The number of fused-ring (bicyclic) bond motifs is 1. The van der Waals surface area contributed by atoms with Crippen LogP contribution in [0.4, 0.5) is 5.82 Å². The smallest absolute Gasteiger partial charge is 0.203 e. The zero-order valence-corrected chi connectivity index (χ0v) is 11.6. The van der Waals surface area contributed by atoms with Crippen LogP contribution in [0.5, 0.6) is 0 Å². The summed E-state index contributed by atoms with van der Waals surface area (Å²) in [6.45, 7) is 4.24. The number of aryl methyl sites for hydroxylation is 1. The summed E-state index contributed by atoms with van der Waals surface area (Å²) in [7, 11) is 0. The van der Waals surface area contributed by atoms with Crippen LogP contribution in [0.3, 0.4) is 0 Å². The second-order valence-corrected chi connectivity index (χ2v) is 5.42. The van der Waals surface area contributed by atoms with Crippen molar-refractivity contribution < 1.29 is 0 Å². The molecule has 2 aromatic heterocycles. The lowest BCUT2D eigenvalue weighted by atomic mass is 9.83. The Balaban J connectivity index is 1.88. The van der Waals surface area contributed by atoms with Gasteiger partial charge in [0.1, 0.15) is 5.82 Å². The minimum absolute atomic E-state index is 0.523. The molecule has 3 rings (SSSR count). The number of anilines is 1. The third kappa shape index (κ3) is 2.29. The van der Waals surface area contributed by atoms with Crippen LogP contribution in [0.2, 0.25) is 0 Å². The molecule has 0 bridgehead atoms. The summed E-state index contributed by atoms with van der Waals surface area (Å²) in [5.41, 5.74) is 0.834. The zero-order valence-electron chi connectivity index (χ0n) is 11.6. The molecule has 0 amide bonds. The number of aromatic nitrogens is 4. The Hall–Kier alpha value is -1.65. The maximum atomic E-state index is 4.45. The fourth-order valence-electron chi connectivity index (χ4n) is 3.11. The van der Waals surface area contributed by atoms with E-state index in [4.69, 9.17) is 0 Å². The number of nitrogens with zero attached hydrogens (tertiary/aromatic N) is 4. The van der Waals surface area contributed by atoms with Gasteiger partial charge < -0.3 is 5.32 Å². The lowest BCUT2D eigenvalue weighted by Crippen LogP contribution is -2.32. The molecule has 2 atom stereocenters. The van der Waals surface area contributed by atoms with E-state index in [1.807, 2.05) is 23.7 Å². The maximum absolute atomic E-state index is 4.45. The van der Waals surface area contributed by atoms with Crippen molar-refractivity contribution in [2.45, 2.75) is 52.0 Å². The predicted octanol–water partition coefficient (Wildman–Crippen LogP) is 2.81. The van der Waals surface area contributed by atoms with E-state index in [9.17, 15) is 0 Å². The van der Waals surface area contributed by atoms with Crippen LogP contribution in [0.25, 0.3) is 5.65 Å². The van der Waals surface area contributed by atoms with Gasteiger partial charge in [-0.2, -0.15) is 0 Å². The molecular formula is C14H21N5. The van der Waals surface area contributed by atoms with Crippen molar-refractivity contribution >= 4 is 11.5 Å². The van der Waals surface area contributed by atoms with Gasteiger partial charge in [-0.25, -0.2) is 4.98 Å². The van der Waals surface area contributed by atoms with Gasteiger partial charge in [-0.3, -0.25) is 4.40 Å². The number of rotatable bonds is 3. The van der Waals surface area contributed by atoms with Gasteiger partial charge in [0, 0.05) is 18.4 Å². The van der Waals surface area contributed by atoms with Crippen molar-refractivity contribution in [3.05, 3.63) is 18.2 Å². The molecule has 0 aromatic carbocycles. The average Bonchev–Trinajstić information content (AvgIpc) is 2.82. The first-order valence-corrected chi connectivity index (χ1v) is 7.22. The van der Waals surface area contributed by atoms with Crippen molar-refractivity contribution in [1.82, 2.24) is 19.6 Å². The highest BCUT2D eigenvalue weighted by molar-refractivity contribution is 5.62. The van der Waals surface area contributed by atoms with Crippen LogP contribution in [-0.4, -0.2) is 25.6 Å². The summed E-state index contributed by atoms with van der Waals surface area (Å²) in [6, 6.07) is 0.523. The summed E-state index contributed by atoms with van der Waals surface area (Å²) in [5.74, 6) is 2.52. The van der Waals surface area contributed by atoms with E-state index in [2.05, 4.69) is 27.4 Å². The molecule has 1 N–H and O–H groups in total. The molecule has 0 spiro atoms. The van der Waals surface area contributed by atoms with Crippen LogP contribution in [-0.2, 0) is 0 Å². The summed E-state index contributed by atoms with van der Waals surface area (Å²) in [6.07, 6.45) is 10.2. The zero-order chi connectivity index (χ0) is 13.2. The minimum Gasteiger partial charge on any atom is -0.364 e. The third-order valence-electron chi connectivity index (χ3n) is 4.25. The third-order valence-corrected chi connectivity index (χ3v) is 4.25. The monoisotopic (exact) mass is 259 g/mol. The molecule has 2 aromatic rings. The van der Waals surface area contributed by atoms with E-state index in [0.29, 0.717) is 6.04 Å². The Morgan fingerprint density at radius 1 is 1.32 bits per heavy atom. The molecule has 1 aliphatic carbocycles. The van der Waals surface area contributed by atoms with E-state index >= 15 is 0 Å². The van der Waals surface area contributed by atoms with Gasteiger partial charge in [0.05, 0.1) is 0 Å². The van der Waals surface area contributed by atoms with E-state index < -0.39 is 0 Å². The quantitative estimate of drug-likeness (QED) is 0.921. The Labute approximate surface area is 113 Å². The molecular weight excluding hydrogens is 238 g/mol. The van der Waals surface area contributed by atoms with E-state index in [1.165, 1.54) is 32.1 Å². The van der Waals surface area contributed by atoms with Gasteiger partial charge in [-0.05, 0) is 25.7 Å². The van der Waals surface area contributed by atoms with Gasteiger partial charge in [0.15, 0.2) is 5.82 Å². The van der Waals surface area contributed by atoms with E-state index in [0.717, 1.165) is 23.2 Å². The molecule has 5 heteroatoms. The first-order valence-electron chi connectivity index (χ1n) is 7.22. The SMILES string of the molecule is CCC1CCCCC1Nc1nccn2c(C)nnc12. The van der Waals surface area contributed by atoms with Crippen molar-refractivity contribution in [1.29, 1.82) is 0 Å². The number of hydrogen-bond donors (Lipinski definition) is 1. The molecule has 1 saturated carbocycles. The molecule has 102 valence electrons. The fourth-order valence-corrected chi connectivity index (χ4v) is 3.11. The lowest BCUT2D eigenvalue weighted by Gasteiger charge is -2.31. The number of nitrogens with one attached hydrogen (secondary N) is 1. The van der Waals surface area contributed by atoms with Crippen molar-refractivity contribution in [3.8, 4) is 0 Å². The lowest BCUT2D eigenvalue weighted by molar-refractivity contribution is 0.317. The highest BCUT2D eigenvalue weighted by Gasteiger charge is 2.24. The molecule has 1 aliphatic rings. The Kier molecular flexibility index (Phi) is 3.36. The second kappa shape index (κ2) is 5.15. The van der Waals surface area contributed by atoms with Crippen LogP contribution < -0.4 is 5.32 Å². The molecule has 2 unspecified atom stereocenters. The van der Waals surface area contributed by atoms with Gasteiger partial charge >= 0.3 is 0 Å². The Bertz CT molecular complexity index is 562. The van der Waals surface area contributed by atoms with Crippen LogP contribution in [0.1, 0.15) is 44.9 Å². The largest absolute Gasteiger partial charge is 0.364 e. The molecule has 2 heterocycles. The molecule has 1 fully saturated rings.